The molecular weight excluding hydrogens is 451 g/mol. The van der Waals surface area contributed by atoms with Crippen LogP contribution in [-0.2, 0) is 13.2 Å². The lowest BCUT2D eigenvalue weighted by Crippen LogP contribution is -2.02. The summed E-state index contributed by atoms with van der Waals surface area (Å²) in [6.45, 7) is 0.705. The van der Waals surface area contributed by atoms with Gasteiger partial charge in [-0.2, -0.15) is 4.98 Å². The van der Waals surface area contributed by atoms with Crippen molar-refractivity contribution in [3.8, 4) is 22.9 Å². The molecule has 168 valence electrons. The lowest BCUT2D eigenvalue weighted by molar-refractivity contribution is 0.268. The minimum Gasteiger partial charge on any atom is -0.473 e. The largest absolute Gasteiger partial charge is 0.473 e. The Morgan fingerprint density at radius 2 is 1.44 bits per heavy atom. The number of nitrogens with zero attached hydrogens (tertiary/aromatic N) is 2. The average molecular weight is 471 g/mol. The Bertz CT molecular complexity index is 1430. The molecule has 5 rings (SSSR count). The summed E-state index contributed by atoms with van der Waals surface area (Å²) in [5.41, 5.74) is 3.90. The van der Waals surface area contributed by atoms with Crippen LogP contribution in [0.15, 0.2) is 97.2 Å². The molecule has 0 radical (unpaired) electrons. The van der Waals surface area contributed by atoms with E-state index in [1.165, 1.54) is 6.07 Å². The highest BCUT2D eigenvalue weighted by atomic mass is 35.5. The summed E-state index contributed by atoms with van der Waals surface area (Å²) in [7, 11) is 0. The first kappa shape index (κ1) is 21.9. The molecule has 0 aliphatic rings. The smallest absolute Gasteiger partial charge is 0.225 e. The number of hydrogen-bond donors (Lipinski definition) is 0. The van der Waals surface area contributed by atoms with E-state index >= 15 is 0 Å². The van der Waals surface area contributed by atoms with Gasteiger partial charge in [0.25, 0.3) is 0 Å². The van der Waals surface area contributed by atoms with Crippen molar-refractivity contribution in [1.29, 1.82) is 0 Å². The zero-order chi connectivity index (χ0) is 23.3. The molecular formula is C28H20ClFN2O2. The van der Waals surface area contributed by atoms with Crippen LogP contribution < -0.4 is 9.47 Å². The molecule has 0 amide bonds. The van der Waals surface area contributed by atoms with Gasteiger partial charge in [0.15, 0.2) is 5.82 Å². The van der Waals surface area contributed by atoms with Crippen LogP contribution in [0.25, 0.3) is 22.0 Å². The summed E-state index contributed by atoms with van der Waals surface area (Å²) in [4.78, 5) is 9.01. The molecule has 0 unspecified atom stereocenters. The summed E-state index contributed by atoms with van der Waals surface area (Å²) >= 11 is 5.98. The maximum absolute atomic E-state index is 14.7. The SMILES string of the molecule is Fc1c(Cl)ccc2ncc(-c3ccc(OCc4ccccc4)nc3OCc3ccccc3)cc12. The second-order valence-corrected chi connectivity index (χ2v) is 8.11. The first-order valence-corrected chi connectivity index (χ1v) is 11.1. The number of rotatable bonds is 7. The zero-order valence-electron chi connectivity index (χ0n) is 18.1. The summed E-state index contributed by atoms with van der Waals surface area (Å²) in [5.74, 6) is 0.299. The van der Waals surface area contributed by atoms with Gasteiger partial charge in [0, 0.05) is 28.8 Å². The van der Waals surface area contributed by atoms with Gasteiger partial charge < -0.3 is 9.47 Å². The molecule has 0 fully saturated rings. The predicted octanol–water partition coefficient (Wildman–Crippen LogP) is 7.25. The van der Waals surface area contributed by atoms with E-state index in [4.69, 9.17) is 21.1 Å². The fourth-order valence-electron chi connectivity index (χ4n) is 3.58. The molecule has 0 N–H and O–H groups in total. The molecule has 0 spiro atoms. The van der Waals surface area contributed by atoms with Crippen LogP contribution in [0.2, 0.25) is 5.02 Å². The average Bonchev–Trinajstić information content (AvgIpc) is 2.89. The Morgan fingerprint density at radius 3 is 2.15 bits per heavy atom. The van der Waals surface area contributed by atoms with Gasteiger partial charge in [-0.05, 0) is 35.4 Å². The standard InChI is InChI=1S/C28H20ClFN2O2/c29-24-12-13-25-23(27(24)30)15-21(16-31-25)22-11-14-26(33-17-19-7-3-1-4-8-19)32-28(22)34-18-20-9-5-2-6-10-20/h1-16H,17-18H2. The molecule has 0 aliphatic carbocycles. The number of hydrogen-bond acceptors (Lipinski definition) is 4. The molecule has 0 aliphatic heterocycles. The molecule has 4 nitrogen and oxygen atoms in total. The van der Waals surface area contributed by atoms with E-state index in [0.717, 1.165) is 11.1 Å². The third-order valence-corrected chi connectivity index (χ3v) is 5.64. The molecule has 2 heterocycles. The third-order valence-electron chi connectivity index (χ3n) is 5.35. The van der Waals surface area contributed by atoms with E-state index in [-0.39, 0.29) is 5.02 Å². The number of ether oxygens (including phenoxy) is 2. The van der Waals surface area contributed by atoms with Gasteiger partial charge in [-0.15, -0.1) is 0 Å². The van der Waals surface area contributed by atoms with E-state index < -0.39 is 5.82 Å². The topological polar surface area (TPSA) is 44.2 Å². The van der Waals surface area contributed by atoms with Crippen LogP contribution in [0.3, 0.4) is 0 Å². The van der Waals surface area contributed by atoms with E-state index in [9.17, 15) is 4.39 Å². The molecule has 0 bridgehead atoms. The van der Waals surface area contributed by atoms with Crippen LogP contribution in [0, 0.1) is 5.82 Å². The second kappa shape index (κ2) is 9.89. The van der Waals surface area contributed by atoms with E-state index in [1.54, 1.807) is 24.4 Å². The summed E-state index contributed by atoms with van der Waals surface area (Å²) in [6.07, 6.45) is 1.67. The van der Waals surface area contributed by atoms with Crippen LogP contribution in [0.5, 0.6) is 11.8 Å². The Labute approximate surface area is 201 Å². The van der Waals surface area contributed by atoms with Crippen molar-refractivity contribution >= 4 is 22.5 Å². The fourth-order valence-corrected chi connectivity index (χ4v) is 3.74. The highest BCUT2D eigenvalue weighted by Gasteiger charge is 2.14. The van der Waals surface area contributed by atoms with Gasteiger partial charge >= 0.3 is 0 Å². The summed E-state index contributed by atoms with van der Waals surface area (Å²) < 4.78 is 26.6. The lowest BCUT2D eigenvalue weighted by Gasteiger charge is -2.14. The highest BCUT2D eigenvalue weighted by molar-refractivity contribution is 6.31. The van der Waals surface area contributed by atoms with Crippen molar-refractivity contribution in [1.82, 2.24) is 9.97 Å². The molecule has 0 atom stereocenters. The number of halogens is 2. The molecule has 5 aromatic rings. The van der Waals surface area contributed by atoms with E-state index in [0.29, 0.717) is 47.0 Å². The molecule has 3 aromatic carbocycles. The van der Waals surface area contributed by atoms with Gasteiger partial charge in [0.1, 0.15) is 13.2 Å². The molecule has 0 saturated heterocycles. The maximum atomic E-state index is 14.7. The van der Waals surface area contributed by atoms with Crippen LogP contribution in [-0.4, -0.2) is 9.97 Å². The third kappa shape index (κ3) is 4.85. The monoisotopic (exact) mass is 470 g/mol. The van der Waals surface area contributed by atoms with Crippen molar-refractivity contribution in [3.05, 3.63) is 119 Å². The molecule has 2 aromatic heterocycles. The Morgan fingerprint density at radius 1 is 0.765 bits per heavy atom. The summed E-state index contributed by atoms with van der Waals surface area (Å²) in [6, 6.07) is 28.2. The predicted molar refractivity (Wildman–Crippen MR) is 131 cm³/mol. The van der Waals surface area contributed by atoms with Crippen LogP contribution in [0.1, 0.15) is 11.1 Å². The number of aromatic nitrogens is 2. The Balaban J connectivity index is 1.49. The minimum absolute atomic E-state index is 0.0507. The van der Waals surface area contributed by atoms with Crippen LogP contribution >= 0.6 is 11.6 Å². The zero-order valence-corrected chi connectivity index (χ0v) is 18.9. The molecule has 34 heavy (non-hydrogen) atoms. The number of benzene rings is 3. The van der Waals surface area contributed by atoms with E-state index in [1.807, 2.05) is 66.7 Å². The van der Waals surface area contributed by atoms with E-state index in [2.05, 4.69) is 9.97 Å². The van der Waals surface area contributed by atoms with Crippen molar-refractivity contribution in [2.45, 2.75) is 13.2 Å². The highest BCUT2D eigenvalue weighted by Crippen LogP contribution is 2.34. The Hall–Kier alpha value is -3.96. The van der Waals surface area contributed by atoms with Gasteiger partial charge in [-0.25, -0.2) is 4.39 Å². The maximum Gasteiger partial charge on any atom is 0.225 e. The van der Waals surface area contributed by atoms with Crippen LogP contribution in [0.4, 0.5) is 4.39 Å². The fraction of sp³-hybridized carbons (Fsp3) is 0.0714. The first-order chi connectivity index (χ1) is 16.7. The number of fused-ring (bicyclic) bond motifs is 1. The van der Waals surface area contributed by atoms with Crippen molar-refractivity contribution in [2.75, 3.05) is 0 Å². The Kier molecular flexibility index (Phi) is 6.36. The van der Waals surface area contributed by atoms with Gasteiger partial charge in [0.05, 0.1) is 10.5 Å². The van der Waals surface area contributed by atoms with Gasteiger partial charge in [-0.1, -0.05) is 72.3 Å². The van der Waals surface area contributed by atoms with Gasteiger partial charge in [0.2, 0.25) is 11.8 Å². The normalized spacial score (nSPS) is 10.9. The van der Waals surface area contributed by atoms with Gasteiger partial charge in [-0.3, -0.25) is 4.98 Å². The first-order valence-electron chi connectivity index (χ1n) is 10.8. The van der Waals surface area contributed by atoms with Crippen molar-refractivity contribution < 1.29 is 13.9 Å². The minimum atomic E-state index is -0.504. The van der Waals surface area contributed by atoms with Crippen molar-refractivity contribution in [3.63, 3.8) is 0 Å². The summed E-state index contributed by atoms with van der Waals surface area (Å²) in [5, 5.41) is 0.387. The number of pyridine rings is 2. The quantitative estimate of drug-likeness (QED) is 0.251. The lowest BCUT2D eigenvalue weighted by atomic mass is 10.1. The molecule has 0 saturated carbocycles. The molecule has 6 heteroatoms. The second-order valence-electron chi connectivity index (χ2n) is 7.70. The van der Waals surface area contributed by atoms with Crippen molar-refractivity contribution in [2.24, 2.45) is 0 Å².